The van der Waals surface area contributed by atoms with E-state index in [4.69, 9.17) is 4.74 Å². The summed E-state index contributed by atoms with van der Waals surface area (Å²) in [6.45, 7) is 6.23. The van der Waals surface area contributed by atoms with Crippen molar-refractivity contribution in [2.45, 2.75) is 45.3 Å². The summed E-state index contributed by atoms with van der Waals surface area (Å²) in [5.74, 6) is -0.333. The van der Waals surface area contributed by atoms with Crippen LogP contribution < -0.4 is 16.4 Å². The first-order valence-corrected chi connectivity index (χ1v) is 9.84. The summed E-state index contributed by atoms with van der Waals surface area (Å²) in [5, 5.41) is 2.52. The largest absolute Gasteiger partial charge is 0.444 e. The molecule has 1 fully saturated rings. The van der Waals surface area contributed by atoms with Crippen LogP contribution in [0.1, 0.15) is 50.0 Å². The van der Waals surface area contributed by atoms with Gasteiger partial charge in [-0.1, -0.05) is 0 Å². The lowest BCUT2D eigenvalue weighted by Gasteiger charge is -2.34. The number of hydrogen-bond acceptors (Lipinski definition) is 6. The van der Waals surface area contributed by atoms with Crippen molar-refractivity contribution in [3.05, 3.63) is 38.5 Å². The standard InChI is InChI=1S/C20H27N5O5/c1-20(2,3)30-19(29)24-8-6-13(7-9-24)25-15-14(23(5)17(27)18(25)28)10-12(11-22-15)16(26)21-4/h10-11,13H,6-9H2,1-5H3,(H,21,26). The molecule has 0 aliphatic carbocycles. The highest BCUT2D eigenvalue weighted by Gasteiger charge is 2.29. The van der Waals surface area contributed by atoms with Crippen molar-refractivity contribution in [2.75, 3.05) is 20.1 Å². The number of likely N-dealkylation sites (tertiary alicyclic amines) is 1. The molecule has 3 rings (SSSR count). The predicted molar refractivity (Wildman–Crippen MR) is 111 cm³/mol. The number of aromatic nitrogens is 3. The van der Waals surface area contributed by atoms with Crippen LogP contribution in [0.2, 0.25) is 0 Å². The van der Waals surface area contributed by atoms with Gasteiger partial charge < -0.3 is 19.5 Å². The van der Waals surface area contributed by atoms with Gasteiger partial charge >= 0.3 is 17.2 Å². The predicted octanol–water partition coefficient (Wildman–Crippen LogP) is 1.03. The van der Waals surface area contributed by atoms with E-state index in [1.807, 2.05) is 20.8 Å². The number of fused-ring (bicyclic) bond motifs is 1. The topological polar surface area (TPSA) is 116 Å². The van der Waals surface area contributed by atoms with Crippen LogP contribution in [0, 0.1) is 0 Å². The summed E-state index contributed by atoms with van der Waals surface area (Å²) in [4.78, 5) is 55.5. The quantitative estimate of drug-likeness (QED) is 0.730. The Morgan fingerprint density at radius 2 is 1.80 bits per heavy atom. The molecule has 30 heavy (non-hydrogen) atoms. The average Bonchev–Trinajstić information content (AvgIpc) is 2.70. The second-order valence-corrected chi connectivity index (χ2v) is 8.38. The third-order valence-corrected chi connectivity index (χ3v) is 5.11. The summed E-state index contributed by atoms with van der Waals surface area (Å²) in [6, 6.07) is 1.26. The highest BCUT2D eigenvalue weighted by atomic mass is 16.6. The Balaban J connectivity index is 1.95. The van der Waals surface area contributed by atoms with Crippen molar-refractivity contribution in [1.29, 1.82) is 0 Å². The maximum atomic E-state index is 12.8. The van der Waals surface area contributed by atoms with Crippen molar-refractivity contribution in [3.63, 3.8) is 0 Å². The van der Waals surface area contributed by atoms with Crippen molar-refractivity contribution < 1.29 is 14.3 Å². The molecule has 0 unspecified atom stereocenters. The lowest BCUT2D eigenvalue weighted by molar-refractivity contribution is 0.0188. The van der Waals surface area contributed by atoms with Crippen molar-refractivity contribution in [3.8, 4) is 0 Å². The Labute approximate surface area is 173 Å². The minimum Gasteiger partial charge on any atom is -0.444 e. The Kier molecular flexibility index (Phi) is 5.69. The zero-order valence-corrected chi connectivity index (χ0v) is 17.9. The molecular weight excluding hydrogens is 390 g/mol. The Bertz CT molecular complexity index is 1100. The van der Waals surface area contributed by atoms with Crippen LogP contribution in [-0.2, 0) is 11.8 Å². The lowest BCUT2D eigenvalue weighted by Crippen LogP contribution is -2.46. The number of rotatable bonds is 2. The molecule has 0 bridgehead atoms. The number of nitrogens with zero attached hydrogens (tertiary/aromatic N) is 4. The van der Waals surface area contributed by atoms with Gasteiger partial charge in [-0.2, -0.15) is 0 Å². The maximum Gasteiger partial charge on any atom is 0.410 e. The Morgan fingerprint density at radius 3 is 2.37 bits per heavy atom. The smallest absolute Gasteiger partial charge is 0.410 e. The molecule has 0 saturated carbocycles. The molecule has 2 aromatic rings. The van der Waals surface area contributed by atoms with Crippen LogP contribution in [-0.4, -0.2) is 56.8 Å². The second kappa shape index (κ2) is 7.92. The number of pyridine rings is 1. The fraction of sp³-hybridized carbons (Fsp3) is 0.550. The SMILES string of the molecule is CNC(=O)c1cnc2c(c1)n(C)c(=O)c(=O)n2C1CCN(C(=O)OC(C)(C)C)CC1. The summed E-state index contributed by atoms with van der Waals surface area (Å²) in [6.07, 6.45) is 1.97. The Morgan fingerprint density at radius 1 is 1.17 bits per heavy atom. The van der Waals surface area contributed by atoms with E-state index < -0.39 is 22.8 Å². The molecule has 162 valence electrons. The van der Waals surface area contributed by atoms with Gasteiger partial charge in [-0.3, -0.25) is 19.0 Å². The van der Waals surface area contributed by atoms with Gasteiger partial charge in [0.15, 0.2) is 5.65 Å². The van der Waals surface area contributed by atoms with Gasteiger partial charge in [-0.25, -0.2) is 9.78 Å². The molecule has 0 aromatic carbocycles. The Hall–Kier alpha value is -3.17. The number of piperidine rings is 1. The van der Waals surface area contributed by atoms with E-state index in [0.29, 0.717) is 42.7 Å². The molecule has 2 aromatic heterocycles. The van der Waals surface area contributed by atoms with E-state index in [0.717, 1.165) is 0 Å². The number of nitrogens with one attached hydrogen (secondary N) is 1. The molecule has 0 atom stereocenters. The van der Waals surface area contributed by atoms with Crippen LogP contribution >= 0.6 is 0 Å². The summed E-state index contributed by atoms with van der Waals surface area (Å²) >= 11 is 0. The third-order valence-electron chi connectivity index (χ3n) is 5.11. The fourth-order valence-corrected chi connectivity index (χ4v) is 3.57. The van der Waals surface area contributed by atoms with E-state index in [-0.39, 0.29) is 11.9 Å². The van der Waals surface area contributed by atoms with E-state index in [9.17, 15) is 19.2 Å². The minimum atomic E-state index is -0.687. The molecule has 0 radical (unpaired) electrons. The van der Waals surface area contributed by atoms with Crippen LogP contribution in [0.4, 0.5) is 4.79 Å². The van der Waals surface area contributed by atoms with Crippen molar-refractivity contribution in [1.82, 2.24) is 24.3 Å². The first kappa shape index (κ1) is 21.5. The van der Waals surface area contributed by atoms with Crippen LogP contribution in [0.3, 0.4) is 0 Å². The molecule has 1 aliphatic heterocycles. The molecule has 1 N–H and O–H groups in total. The number of amides is 2. The summed E-state index contributed by atoms with van der Waals surface area (Å²) in [7, 11) is 2.99. The molecule has 1 saturated heterocycles. The molecule has 0 spiro atoms. The van der Waals surface area contributed by atoms with E-state index in [2.05, 4.69) is 10.3 Å². The van der Waals surface area contributed by atoms with Gasteiger partial charge in [-0.05, 0) is 39.7 Å². The molecule has 10 nitrogen and oxygen atoms in total. The monoisotopic (exact) mass is 417 g/mol. The number of ether oxygens (including phenoxy) is 1. The van der Waals surface area contributed by atoms with Crippen molar-refractivity contribution >= 4 is 23.2 Å². The zero-order chi connectivity index (χ0) is 22.2. The first-order valence-electron chi connectivity index (χ1n) is 9.84. The second-order valence-electron chi connectivity index (χ2n) is 8.38. The first-order chi connectivity index (χ1) is 14.0. The molecule has 3 heterocycles. The van der Waals surface area contributed by atoms with Crippen LogP contribution in [0.5, 0.6) is 0 Å². The van der Waals surface area contributed by atoms with E-state index in [1.165, 1.54) is 29.4 Å². The lowest BCUT2D eigenvalue weighted by atomic mass is 10.0. The molecular formula is C20H27N5O5. The van der Waals surface area contributed by atoms with E-state index >= 15 is 0 Å². The van der Waals surface area contributed by atoms with Crippen LogP contribution in [0.15, 0.2) is 21.9 Å². The number of carbonyl (C=O) groups is 2. The van der Waals surface area contributed by atoms with E-state index in [1.54, 1.807) is 11.0 Å². The fourth-order valence-electron chi connectivity index (χ4n) is 3.57. The van der Waals surface area contributed by atoms with Gasteiger partial charge in [-0.15, -0.1) is 0 Å². The third kappa shape index (κ3) is 4.07. The molecule has 10 heteroatoms. The zero-order valence-electron chi connectivity index (χ0n) is 17.9. The maximum absolute atomic E-state index is 12.8. The summed E-state index contributed by atoms with van der Waals surface area (Å²) < 4.78 is 8.02. The van der Waals surface area contributed by atoms with Gasteiger partial charge in [0.05, 0.1) is 11.1 Å². The van der Waals surface area contributed by atoms with Gasteiger partial charge in [0.2, 0.25) is 0 Å². The average molecular weight is 417 g/mol. The van der Waals surface area contributed by atoms with Gasteiger partial charge in [0.25, 0.3) is 5.91 Å². The summed E-state index contributed by atoms with van der Waals surface area (Å²) in [5.41, 5.74) is -0.904. The normalized spacial score (nSPS) is 15.3. The van der Waals surface area contributed by atoms with Gasteiger partial charge in [0.1, 0.15) is 5.60 Å². The van der Waals surface area contributed by atoms with Gasteiger partial charge in [0, 0.05) is 39.4 Å². The van der Waals surface area contributed by atoms with Crippen molar-refractivity contribution in [2.24, 2.45) is 7.05 Å². The highest BCUT2D eigenvalue weighted by Crippen LogP contribution is 2.25. The molecule has 1 aliphatic rings. The minimum absolute atomic E-state index is 0.286. The number of aryl methyl sites for hydroxylation is 1. The number of hydrogen-bond donors (Lipinski definition) is 1. The van der Waals surface area contributed by atoms with Crippen LogP contribution in [0.25, 0.3) is 11.2 Å². The number of carbonyl (C=O) groups excluding carboxylic acids is 2. The highest BCUT2D eigenvalue weighted by molar-refractivity contribution is 5.96. The molecule has 2 amide bonds.